The fraction of sp³-hybridized carbons (Fsp3) is 0.562. The minimum Gasteiger partial charge on any atom is -0.465 e. The Hall–Kier alpha value is -1.55. The van der Waals surface area contributed by atoms with E-state index >= 15 is 0 Å². The molecule has 1 aromatic carbocycles. The largest absolute Gasteiger partial charge is 0.465 e. The highest BCUT2D eigenvalue weighted by Gasteiger charge is 2.38. The number of carbonyl (C=O) groups is 1. The smallest absolute Gasteiger partial charge is 0.407 e. The number of piperidine rings is 1. The third-order valence-corrected chi connectivity index (χ3v) is 4.77. The Kier molecular flexibility index (Phi) is 3.92. The van der Waals surface area contributed by atoms with E-state index in [9.17, 15) is 4.79 Å². The van der Waals surface area contributed by atoms with Gasteiger partial charge < -0.3 is 15.3 Å². The van der Waals surface area contributed by atoms with Gasteiger partial charge in [0.25, 0.3) is 0 Å². The molecule has 20 heavy (non-hydrogen) atoms. The molecule has 1 saturated heterocycles. The molecule has 4 nitrogen and oxygen atoms in total. The number of fused-ring (bicyclic) bond motifs is 1. The van der Waals surface area contributed by atoms with Crippen LogP contribution in [0.3, 0.4) is 0 Å². The Morgan fingerprint density at radius 3 is 2.75 bits per heavy atom. The average molecular weight is 274 g/mol. The molecule has 108 valence electrons. The second-order valence-corrected chi connectivity index (χ2v) is 6.07. The summed E-state index contributed by atoms with van der Waals surface area (Å²) >= 11 is 0. The van der Waals surface area contributed by atoms with E-state index in [1.807, 2.05) is 6.07 Å². The van der Waals surface area contributed by atoms with Gasteiger partial charge in [0.2, 0.25) is 0 Å². The standard InChI is InChI=1S/C16H22N2O2/c19-16(20)18-7-6-13-8-15(9-14(13)11-18)17-10-12-4-2-1-3-5-12/h1-5,13-15,17H,6-11H2,(H,19,20). The van der Waals surface area contributed by atoms with Crippen LogP contribution in [-0.4, -0.2) is 35.2 Å². The van der Waals surface area contributed by atoms with Crippen LogP contribution in [0.1, 0.15) is 24.8 Å². The number of likely N-dealkylation sites (tertiary alicyclic amines) is 1. The summed E-state index contributed by atoms with van der Waals surface area (Å²) in [6.45, 7) is 2.35. The van der Waals surface area contributed by atoms with Crippen molar-refractivity contribution >= 4 is 6.09 Å². The van der Waals surface area contributed by atoms with E-state index in [-0.39, 0.29) is 0 Å². The highest BCUT2D eigenvalue weighted by molar-refractivity contribution is 5.65. The second kappa shape index (κ2) is 5.83. The molecule has 2 aliphatic rings. The van der Waals surface area contributed by atoms with Crippen LogP contribution in [0.2, 0.25) is 0 Å². The number of hydrogen-bond donors (Lipinski definition) is 2. The van der Waals surface area contributed by atoms with Crippen molar-refractivity contribution in [3.05, 3.63) is 35.9 Å². The molecule has 3 unspecified atom stereocenters. The number of benzene rings is 1. The highest BCUT2D eigenvalue weighted by atomic mass is 16.4. The van der Waals surface area contributed by atoms with Gasteiger partial charge in [-0.05, 0) is 36.7 Å². The van der Waals surface area contributed by atoms with Gasteiger partial charge >= 0.3 is 6.09 Å². The fourth-order valence-corrected chi connectivity index (χ4v) is 3.68. The molecule has 1 amide bonds. The summed E-state index contributed by atoms with van der Waals surface area (Å²) in [5.41, 5.74) is 1.31. The Morgan fingerprint density at radius 2 is 2.00 bits per heavy atom. The first kappa shape index (κ1) is 13.4. The van der Waals surface area contributed by atoms with E-state index in [2.05, 4.69) is 29.6 Å². The van der Waals surface area contributed by atoms with Crippen LogP contribution in [0.4, 0.5) is 4.79 Å². The monoisotopic (exact) mass is 274 g/mol. The van der Waals surface area contributed by atoms with Crippen LogP contribution < -0.4 is 5.32 Å². The molecule has 3 rings (SSSR count). The molecule has 4 heteroatoms. The predicted molar refractivity (Wildman–Crippen MR) is 77.5 cm³/mol. The zero-order valence-electron chi connectivity index (χ0n) is 11.7. The van der Waals surface area contributed by atoms with Crippen molar-refractivity contribution < 1.29 is 9.90 Å². The molecular formula is C16H22N2O2. The fourth-order valence-electron chi connectivity index (χ4n) is 3.68. The van der Waals surface area contributed by atoms with Gasteiger partial charge in [0, 0.05) is 25.7 Å². The number of nitrogens with one attached hydrogen (secondary N) is 1. The lowest BCUT2D eigenvalue weighted by atomic mass is 9.89. The molecule has 3 atom stereocenters. The first-order valence-electron chi connectivity index (χ1n) is 7.47. The average Bonchev–Trinajstić information content (AvgIpc) is 2.88. The molecule has 2 N–H and O–H groups in total. The van der Waals surface area contributed by atoms with Crippen LogP contribution in [0.25, 0.3) is 0 Å². The quantitative estimate of drug-likeness (QED) is 0.890. The lowest BCUT2D eigenvalue weighted by Crippen LogP contribution is -2.41. The van der Waals surface area contributed by atoms with E-state index in [4.69, 9.17) is 5.11 Å². The number of carboxylic acid groups (broad SMARTS) is 1. The maximum atomic E-state index is 11.0. The van der Waals surface area contributed by atoms with Gasteiger partial charge in [-0.3, -0.25) is 0 Å². The Bertz CT molecular complexity index is 463. The summed E-state index contributed by atoms with van der Waals surface area (Å²) in [5, 5.41) is 12.7. The third-order valence-electron chi connectivity index (χ3n) is 4.77. The van der Waals surface area contributed by atoms with Gasteiger partial charge in [-0.2, -0.15) is 0 Å². The Balaban J connectivity index is 1.51. The van der Waals surface area contributed by atoms with Gasteiger partial charge in [0.15, 0.2) is 0 Å². The number of amides is 1. The van der Waals surface area contributed by atoms with Crippen LogP contribution >= 0.6 is 0 Å². The van der Waals surface area contributed by atoms with E-state index in [1.54, 1.807) is 4.90 Å². The van der Waals surface area contributed by atoms with E-state index in [0.29, 0.717) is 24.4 Å². The van der Waals surface area contributed by atoms with Gasteiger partial charge in [-0.1, -0.05) is 30.3 Å². The first-order valence-corrected chi connectivity index (χ1v) is 7.47. The molecule has 0 spiro atoms. The predicted octanol–water partition coefficient (Wildman–Crippen LogP) is 2.55. The van der Waals surface area contributed by atoms with Gasteiger partial charge in [-0.15, -0.1) is 0 Å². The second-order valence-electron chi connectivity index (χ2n) is 6.07. The number of nitrogens with zero attached hydrogens (tertiary/aromatic N) is 1. The minimum atomic E-state index is -0.760. The number of hydrogen-bond acceptors (Lipinski definition) is 2. The summed E-state index contributed by atoms with van der Waals surface area (Å²) in [5.74, 6) is 1.26. The zero-order valence-corrected chi connectivity index (χ0v) is 11.7. The third kappa shape index (κ3) is 2.96. The minimum absolute atomic E-state index is 0.541. The lowest BCUT2D eigenvalue weighted by Gasteiger charge is -2.32. The summed E-state index contributed by atoms with van der Waals surface area (Å²) < 4.78 is 0. The van der Waals surface area contributed by atoms with E-state index in [0.717, 1.165) is 25.9 Å². The summed E-state index contributed by atoms with van der Waals surface area (Å²) in [6.07, 6.45) is 2.58. The van der Waals surface area contributed by atoms with Gasteiger partial charge in [0.1, 0.15) is 0 Å². The number of rotatable bonds is 3. The van der Waals surface area contributed by atoms with E-state index in [1.165, 1.54) is 12.0 Å². The summed E-state index contributed by atoms with van der Waals surface area (Å²) in [7, 11) is 0. The van der Waals surface area contributed by atoms with Crippen molar-refractivity contribution in [2.24, 2.45) is 11.8 Å². The maximum absolute atomic E-state index is 11.0. The topological polar surface area (TPSA) is 52.6 Å². The van der Waals surface area contributed by atoms with Gasteiger partial charge in [-0.25, -0.2) is 4.79 Å². The van der Waals surface area contributed by atoms with Crippen molar-refractivity contribution in [2.45, 2.75) is 31.8 Å². The zero-order chi connectivity index (χ0) is 13.9. The van der Waals surface area contributed by atoms with Crippen molar-refractivity contribution in [2.75, 3.05) is 13.1 Å². The molecule has 0 bridgehead atoms. The maximum Gasteiger partial charge on any atom is 0.407 e. The molecule has 1 aliphatic carbocycles. The summed E-state index contributed by atoms with van der Waals surface area (Å²) in [4.78, 5) is 12.6. The Labute approximate surface area is 119 Å². The van der Waals surface area contributed by atoms with Crippen LogP contribution in [-0.2, 0) is 6.54 Å². The summed E-state index contributed by atoms with van der Waals surface area (Å²) in [6, 6.07) is 11.0. The lowest BCUT2D eigenvalue weighted by molar-refractivity contribution is 0.106. The van der Waals surface area contributed by atoms with Crippen molar-refractivity contribution in [3.8, 4) is 0 Å². The van der Waals surface area contributed by atoms with Crippen LogP contribution in [0.15, 0.2) is 30.3 Å². The molecule has 1 heterocycles. The van der Waals surface area contributed by atoms with Gasteiger partial charge in [0.05, 0.1) is 0 Å². The molecule has 2 fully saturated rings. The van der Waals surface area contributed by atoms with Crippen LogP contribution in [0.5, 0.6) is 0 Å². The molecular weight excluding hydrogens is 252 g/mol. The molecule has 0 aromatic heterocycles. The Morgan fingerprint density at radius 1 is 1.25 bits per heavy atom. The normalized spacial score (nSPS) is 29.2. The van der Waals surface area contributed by atoms with Crippen molar-refractivity contribution in [3.63, 3.8) is 0 Å². The van der Waals surface area contributed by atoms with E-state index < -0.39 is 6.09 Å². The molecule has 1 aromatic rings. The van der Waals surface area contributed by atoms with Crippen molar-refractivity contribution in [1.29, 1.82) is 0 Å². The van der Waals surface area contributed by atoms with Crippen molar-refractivity contribution in [1.82, 2.24) is 10.2 Å². The molecule has 1 saturated carbocycles. The first-order chi connectivity index (χ1) is 9.72. The molecule has 0 radical (unpaired) electrons. The highest BCUT2D eigenvalue weighted by Crippen LogP contribution is 2.38. The SMILES string of the molecule is O=C(O)N1CCC2CC(NCc3ccccc3)CC2C1. The molecule has 1 aliphatic heterocycles. The van der Waals surface area contributed by atoms with Crippen LogP contribution in [0, 0.1) is 11.8 Å².